The summed E-state index contributed by atoms with van der Waals surface area (Å²) in [7, 11) is -3.15. The molecule has 0 N–H and O–H groups in total. The monoisotopic (exact) mass is 391 g/mol. The van der Waals surface area contributed by atoms with E-state index < -0.39 is 21.7 Å². The Morgan fingerprint density at radius 3 is 2.52 bits per heavy atom. The minimum Gasteiger partial charge on any atom is -0.464 e. The lowest BCUT2D eigenvalue weighted by Crippen LogP contribution is -2.40. The fourth-order valence-corrected chi connectivity index (χ4v) is 5.44. The van der Waals surface area contributed by atoms with E-state index in [1.807, 2.05) is 12.1 Å². The highest BCUT2D eigenvalue weighted by Crippen LogP contribution is 2.47. The predicted molar refractivity (Wildman–Crippen MR) is 98.6 cm³/mol. The maximum absolute atomic E-state index is 13.2. The first-order valence-corrected chi connectivity index (χ1v) is 11.0. The zero-order chi connectivity index (χ0) is 19.2. The van der Waals surface area contributed by atoms with Crippen LogP contribution in [0.5, 0.6) is 0 Å². The summed E-state index contributed by atoms with van der Waals surface area (Å²) in [5, 5.41) is 0. The van der Waals surface area contributed by atoms with Crippen LogP contribution in [-0.2, 0) is 16.4 Å². The zero-order valence-corrected chi connectivity index (χ0v) is 15.9. The van der Waals surface area contributed by atoms with Crippen molar-refractivity contribution in [1.82, 2.24) is 4.90 Å². The molecule has 1 amide bonds. The third-order valence-corrected chi connectivity index (χ3v) is 7.24. The van der Waals surface area contributed by atoms with Crippen LogP contribution in [0.1, 0.15) is 47.6 Å². The van der Waals surface area contributed by atoms with Crippen molar-refractivity contribution in [3.63, 3.8) is 0 Å². The first-order chi connectivity index (χ1) is 12.8. The SMILES string of the molecule is CC1CC1c1ccc(CN(C(=O)c2ccc(F)cc2)C2CCS(=O)(=O)C2)o1. The highest BCUT2D eigenvalue weighted by Gasteiger charge is 2.38. The number of carbonyl (C=O) groups is 1. The standard InChI is InChI=1S/C20H22FNO4S/c1-13-10-18(13)19-7-6-17(26-19)11-22(16-8-9-27(24,25)12-16)20(23)14-2-4-15(21)5-3-14/h2-7,13,16,18H,8-12H2,1H3. The molecule has 1 aromatic heterocycles. The maximum atomic E-state index is 13.2. The van der Waals surface area contributed by atoms with Crippen LogP contribution in [-0.4, -0.2) is 36.8 Å². The number of sulfone groups is 1. The molecule has 3 unspecified atom stereocenters. The van der Waals surface area contributed by atoms with Crippen molar-refractivity contribution in [2.24, 2.45) is 5.92 Å². The van der Waals surface area contributed by atoms with Crippen molar-refractivity contribution in [1.29, 1.82) is 0 Å². The predicted octanol–water partition coefficient (Wildman–Crippen LogP) is 3.37. The summed E-state index contributed by atoms with van der Waals surface area (Å²) in [6.45, 7) is 2.37. The van der Waals surface area contributed by atoms with E-state index in [1.54, 1.807) is 4.90 Å². The van der Waals surface area contributed by atoms with Gasteiger partial charge in [0.1, 0.15) is 17.3 Å². The average Bonchev–Trinajstić information content (AvgIpc) is 3.03. The molecule has 3 atom stereocenters. The van der Waals surface area contributed by atoms with E-state index in [0.29, 0.717) is 29.6 Å². The summed E-state index contributed by atoms with van der Waals surface area (Å²) >= 11 is 0. The minimum atomic E-state index is -3.15. The van der Waals surface area contributed by atoms with Crippen LogP contribution in [0.2, 0.25) is 0 Å². The Kier molecular flexibility index (Phi) is 4.58. The molecule has 144 valence electrons. The van der Waals surface area contributed by atoms with Gasteiger partial charge in [-0.05, 0) is 55.2 Å². The average molecular weight is 391 g/mol. The van der Waals surface area contributed by atoms with E-state index in [-0.39, 0.29) is 24.0 Å². The summed E-state index contributed by atoms with van der Waals surface area (Å²) in [5.41, 5.74) is 0.336. The highest BCUT2D eigenvalue weighted by atomic mass is 32.2. The Labute approximate surface area is 158 Å². The fraction of sp³-hybridized carbons (Fsp3) is 0.450. The highest BCUT2D eigenvalue weighted by molar-refractivity contribution is 7.91. The Morgan fingerprint density at radius 2 is 1.93 bits per heavy atom. The van der Waals surface area contributed by atoms with Crippen LogP contribution in [0, 0.1) is 11.7 Å². The number of hydrogen-bond acceptors (Lipinski definition) is 4. The van der Waals surface area contributed by atoms with E-state index in [0.717, 1.165) is 12.2 Å². The molecule has 7 heteroatoms. The maximum Gasteiger partial charge on any atom is 0.254 e. The molecule has 4 rings (SSSR count). The van der Waals surface area contributed by atoms with Gasteiger partial charge in [-0.1, -0.05) is 6.92 Å². The molecule has 2 heterocycles. The molecular formula is C20H22FNO4S. The number of amides is 1. The van der Waals surface area contributed by atoms with E-state index in [4.69, 9.17) is 4.42 Å². The van der Waals surface area contributed by atoms with Crippen molar-refractivity contribution >= 4 is 15.7 Å². The second-order valence-corrected chi connectivity index (χ2v) is 9.85. The molecule has 1 aliphatic heterocycles. The number of halogens is 1. The van der Waals surface area contributed by atoms with Crippen LogP contribution >= 0.6 is 0 Å². The zero-order valence-electron chi connectivity index (χ0n) is 15.1. The second-order valence-electron chi connectivity index (χ2n) is 7.62. The lowest BCUT2D eigenvalue weighted by Gasteiger charge is -2.27. The molecule has 5 nitrogen and oxygen atoms in total. The molecular weight excluding hydrogens is 369 g/mol. The van der Waals surface area contributed by atoms with E-state index in [2.05, 4.69) is 6.92 Å². The van der Waals surface area contributed by atoms with Crippen LogP contribution in [0.4, 0.5) is 4.39 Å². The van der Waals surface area contributed by atoms with Gasteiger partial charge in [-0.3, -0.25) is 4.79 Å². The number of furan rings is 1. The Balaban J connectivity index is 1.58. The Morgan fingerprint density at radius 1 is 1.22 bits per heavy atom. The van der Waals surface area contributed by atoms with Crippen LogP contribution < -0.4 is 0 Å². The van der Waals surface area contributed by atoms with Crippen LogP contribution in [0.25, 0.3) is 0 Å². The van der Waals surface area contributed by atoms with Gasteiger partial charge in [-0.2, -0.15) is 0 Å². The third-order valence-electron chi connectivity index (χ3n) is 5.48. The van der Waals surface area contributed by atoms with Crippen molar-refractivity contribution in [3.05, 3.63) is 59.3 Å². The van der Waals surface area contributed by atoms with Crippen molar-refractivity contribution in [2.45, 2.75) is 38.3 Å². The van der Waals surface area contributed by atoms with Crippen molar-refractivity contribution in [3.8, 4) is 0 Å². The molecule has 2 aromatic rings. The molecule has 1 saturated carbocycles. The fourth-order valence-electron chi connectivity index (χ4n) is 3.71. The lowest BCUT2D eigenvalue weighted by atomic mass is 10.1. The topological polar surface area (TPSA) is 67.6 Å². The van der Waals surface area contributed by atoms with E-state index >= 15 is 0 Å². The summed E-state index contributed by atoms with van der Waals surface area (Å²) in [5.74, 6) is 1.91. The first kappa shape index (κ1) is 18.2. The quantitative estimate of drug-likeness (QED) is 0.784. The largest absolute Gasteiger partial charge is 0.464 e. The molecule has 1 saturated heterocycles. The van der Waals surface area contributed by atoms with Gasteiger partial charge in [0, 0.05) is 17.5 Å². The molecule has 27 heavy (non-hydrogen) atoms. The molecule has 1 aliphatic carbocycles. The Hall–Kier alpha value is -2.15. The molecule has 0 bridgehead atoms. The van der Waals surface area contributed by atoms with Gasteiger partial charge >= 0.3 is 0 Å². The van der Waals surface area contributed by atoms with Crippen molar-refractivity contribution in [2.75, 3.05) is 11.5 Å². The summed E-state index contributed by atoms with van der Waals surface area (Å²) in [4.78, 5) is 14.6. The van der Waals surface area contributed by atoms with Gasteiger partial charge in [-0.25, -0.2) is 12.8 Å². The van der Waals surface area contributed by atoms with Gasteiger partial charge in [0.25, 0.3) is 5.91 Å². The van der Waals surface area contributed by atoms with E-state index in [1.165, 1.54) is 24.3 Å². The van der Waals surface area contributed by atoms with Gasteiger partial charge in [-0.15, -0.1) is 0 Å². The van der Waals surface area contributed by atoms with Gasteiger partial charge in [0.2, 0.25) is 0 Å². The molecule has 2 fully saturated rings. The van der Waals surface area contributed by atoms with Crippen LogP contribution in [0.15, 0.2) is 40.8 Å². The van der Waals surface area contributed by atoms with E-state index in [9.17, 15) is 17.6 Å². The molecule has 2 aliphatic rings. The normalized spacial score (nSPS) is 26.1. The van der Waals surface area contributed by atoms with Crippen LogP contribution in [0.3, 0.4) is 0 Å². The number of hydrogen-bond donors (Lipinski definition) is 0. The Bertz CT molecular complexity index is 951. The molecule has 0 spiro atoms. The van der Waals surface area contributed by atoms with Crippen molar-refractivity contribution < 1.29 is 22.0 Å². The summed E-state index contributed by atoms with van der Waals surface area (Å²) < 4.78 is 43.0. The smallest absolute Gasteiger partial charge is 0.254 e. The van der Waals surface area contributed by atoms with Gasteiger partial charge < -0.3 is 9.32 Å². The number of carbonyl (C=O) groups excluding carboxylic acids is 1. The second kappa shape index (κ2) is 6.78. The number of nitrogens with zero attached hydrogens (tertiary/aromatic N) is 1. The summed E-state index contributed by atoms with van der Waals surface area (Å²) in [6, 6.07) is 8.71. The molecule has 0 radical (unpaired) electrons. The number of benzene rings is 1. The number of rotatable bonds is 5. The van der Waals surface area contributed by atoms with Gasteiger partial charge in [0.15, 0.2) is 9.84 Å². The summed E-state index contributed by atoms with van der Waals surface area (Å²) in [6.07, 6.45) is 1.51. The minimum absolute atomic E-state index is 0.0485. The molecule has 1 aromatic carbocycles. The van der Waals surface area contributed by atoms with Gasteiger partial charge in [0.05, 0.1) is 18.1 Å². The lowest BCUT2D eigenvalue weighted by molar-refractivity contribution is 0.0665. The first-order valence-electron chi connectivity index (χ1n) is 9.18. The third kappa shape index (κ3) is 3.93.